The highest BCUT2D eigenvalue weighted by Crippen LogP contribution is 2.18. The Balaban J connectivity index is 2.21. The van der Waals surface area contributed by atoms with E-state index in [2.05, 4.69) is 0 Å². The van der Waals surface area contributed by atoms with Gasteiger partial charge in [-0.1, -0.05) is 18.6 Å². The van der Waals surface area contributed by atoms with E-state index < -0.39 is 9.84 Å². The third kappa shape index (κ3) is 3.80. The Morgan fingerprint density at radius 2 is 2.29 bits per heavy atom. The molecule has 1 aliphatic heterocycles. The van der Waals surface area contributed by atoms with Gasteiger partial charge in [0.1, 0.15) is 0 Å². The summed E-state index contributed by atoms with van der Waals surface area (Å²) in [7, 11) is -2.79. The van der Waals surface area contributed by atoms with E-state index in [0.29, 0.717) is 5.92 Å². The fourth-order valence-electron chi connectivity index (χ4n) is 1.59. The molecule has 3 nitrogen and oxygen atoms in total. The normalized spacial score (nSPS) is 22.0. The zero-order chi connectivity index (χ0) is 10.6. The van der Waals surface area contributed by atoms with Crippen molar-refractivity contribution in [2.75, 3.05) is 18.1 Å². The van der Waals surface area contributed by atoms with Gasteiger partial charge >= 0.3 is 0 Å². The summed E-state index contributed by atoms with van der Waals surface area (Å²) in [6.45, 7) is 2.22. The predicted octanol–water partition coefficient (Wildman–Crippen LogP) is 1.14. The van der Waals surface area contributed by atoms with Gasteiger partial charge in [-0.3, -0.25) is 0 Å². The Bertz CT molecular complexity index is 303. The van der Waals surface area contributed by atoms with Crippen molar-refractivity contribution < 1.29 is 13.5 Å². The Kier molecular flexibility index (Phi) is 4.13. The van der Waals surface area contributed by atoms with Crippen molar-refractivity contribution in [3.05, 3.63) is 11.6 Å². The van der Waals surface area contributed by atoms with E-state index >= 15 is 0 Å². The van der Waals surface area contributed by atoms with Crippen LogP contribution >= 0.6 is 0 Å². The number of sulfone groups is 1. The van der Waals surface area contributed by atoms with E-state index in [-0.39, 0.29) is 18.1 Å². The van der Waals surface area contributed by atoms with E-state index in [1.807, 2.05) is 13.0 Å². The molecule has 0 spiro atoms. The molecular formula is C10H18O3S. The molecule has 82 valence electrons. The van der Waals surface area contributed by atoms with E-state index in [1.165, 1.54) is 0 Å². The van der Waals surface area contributed by atoms with Gasteiger partial charge in [0.05, 0.1) is 11.5 Å². The molecule has 1 heterocycles. The summed E-state index contributed by atoms with van der Waals surface area (Å²) in [6, 6.07) is 0. The minimum Gasteiger partial charge on any atom is -0.396 e. The molecule has 0 aromatic rings. The first-order chi connectivity index (χ1) is 6.53. The molecule has 0 fully saturated rings. The quantitative estimate of drug-likeness (QED) is 0.704. The molecule has 0 saturated heterocycles. The summed E-state index contributed by atoms with van der Waals surface area (Å²) in [6.07, 6.45) is 4.64. The highest BCUT2D eigenvalue weighted by molar-refractivity contribution is 7.92. The molecule has 0 radical (unpaired) electrons. The summed E-state index contributed by atoms with van der Waals surface area (Å²) in [5, 5.41) is 8.80. The number of hydrogen-bond acceptors (Lipinski definition) is 3. The van der Waals surface area contributed by atoms with E-state index in [0.717, 1.165) is 24.8 Å². The molecule has 14 heavy (non-hydrogen) atoms. The first-order valence-corrected chi connectivity index (χ1v) is 6.85. The molecule has 0 aliphatic carbocycles. The standard InChI is InChI=1S/C10H18O3S/c1-9(7-11)3-2-4-10-5-6-14(12,13)8-10/h5,9,11H,2-4,6-8H2,1H3. The third-order valence-electron chi connectivity index (χ3n) is 2.54. The SMILES string of the molecule is CC(CO)CCCC1=CCS(=O)(=O)C1. The molecule has 0 aromatic heterocycles. The lowest BCUT2D eigenvalue weighted by molar-refractivity contribution is 0.228. The van der Waals surface area contributed by atoms with Crippen molar-refractivity contribution >= 4 is 9.84 Å². The van der Waals surface area contributed by atoms with Crippen LogP contribution in [0.1, 0.15) is 26.2 Å². The van der Waals surface area contributed by atoms with E-state index in [4.69, 9.17) is 5.11 Å². The van der Waals surface area contributed by atoms with Crippen molar-refractivity contribution in [1.29, 1.82) is 0 Å². The number of aliphatic hydroxyl groups excluding tert-OH is 1. The van der Waals surface area contributed by atoms with Gasteiger partial charge in [-0.05, 0) is 25.2 Å². The van der Waals surface area contributed by atoms with Gasteiger partial charge in [-0.25, -0.2) is 8.42 Å². The van der Waals surface area contributed by atoms with Gasteiger partial charge in [0.25, 0.3) is 0 Å². The molecule has 0 amide bonds. The monoisotopic (exact) mass is 218 g/mol. The zero-order valence-corrected chi connectivity index (χ0v) is 9.39. The zero-order valence-electron chi connectivity index (χ0n) is 8.57. The summed E-state index contributed by atoms with van der Waals surface area (Å²) in [5.74, 6) is 0.798. The summed E-state index contributed by atoms with van der Waals surface area (Å²) < 4.78 is 22.2. The molecule has 4 heteroatoms. The average Bonchev–Trinajstić information content (AvgIpc) is 2.45. The van der Waals surface area contributed by atoms with Crippen LogP contribution in [0.25, 0.3) is 0 Å². The van der Waals surface area contributed by atoms with Crippen LogP contribution < -0.4 is 0 Å². The molecule has 1 rings (SSSR count). The molecule has 0 saturated carbocycles. The lowest BCUT2D eigenvalue weighted by atomic mass is 10.0. The smallest absolute Gasteiger partial charge is 0.157 e. The minimum atomic E-state index is -2.79. The summed E-state index contributed by atoms with van der Waals surface area (Å²) in [4.78, 5) is 0. The molecule has 1 atom stereocenters. The topological polar surface area (TPSA) is 54.4 Å². The largest absolute Gasteiger partial charge is 0.396 e. The molecule has 1 unspecified atom stereocenters. The van der Waals surface area contributed by atoms with Crippen LogP contribution in [-0.2, 0) is 9.84 Å². The van der Waals surface area contributed by atoms with Gasteiger partial charge < -0.3 is 5.11 Å². The second kappa shape index (κ2) is 4.94. The first kappa shape index (κ1) is 11.7. The van der Waals surface area contributed by atoms with Gasteiger partial charge in [-0.2, -0.15) is 0 Å². The van der Waals surface area contributed by atoms with Crippen LogP contribution in [0, 0.1) is 5.92 Å². The van der Waals surface area contributed by atoms with Crippen LogP contribution in [0.3, 0.4) is 0 Å². The molecule has 0 aromatic carbocycles. The van der Waals surface area contributed by atoms with Gasteiger partial charge in [0.15, 0.2) is 9.84 Å². The van der Waals surface area contributed by atoms with E-state index in [9.17, 15) is 8.42 Å². The fraction of sp³-hybridized carbons (Fsp3) is 0.800. The summed E-state index contributed by atoms with van der Waals surface area (Å²) in [5.41, 5.74) is 1.05. The molecule has 1 N–H and O–H groups in total. The first-order valence-electron chi connectivity index (χ1n) is 5.02. The van der Waals surface area contributed by atoms with Crippen molar-refractivity contribution in [2.45, 2.75) is 26.2 Å². The maximum Gasteiger partial charge on any atom is 0.157 e. The Hall–Kier alpha value is -0.350. The minimum absolute atomic E-state index is 0.220. The van der Waals surface area contributed by atoms with Crippen LogP contribution in [0.4, 0.5) is 0 Å². The molecule has 1 aliphatic rings. The van der Waals surface area contributed by atoms with Crippen molar-refractivity contribution in [3.63, 3.8) is 0 Å². The van der Waals surface area contributed by atoms with Crippen molar-refractivity contribution in [1.82, 2.24) is 0 Å². The Morgan fingerprint density at radius 1 is 1.57 bits per heavy atom. The van der Waals surface area contributed by atoms with Crippen LogP contribution in [0.5, 0.6) is 0 Å². The lowest BCUT2D eigenvalue weighted by Gasteiger charge is -2.06. The molecule has 0 bridgehead atoms. The second-order valence-electron chi connectivity index (χ2n) is 4.10. The fourth-order valence-corrected chi connectivity index (χ4v) is 3.02. The Morgan fingerprint density at radius 3 is 2.79 bits per heavy atom. The van der Waals surface area contributed by atoms with Gasteiger partial charge in [0.2, 0.25) is 0 Å². The Labute approximate surface area is 85.7 Å². The second-order valence-corrected chi connectivity index (χ2v) is 6.21. The number of rotatable bonds is 5. The predicted molar refractivity (Wildman–Crippen MR) is 56.8 cm³/mol. The van der Waals surface area contributed by atoms with Crippen LogP contribution in [-0.4, -0.2) is 31.6 Å². The molecular weight excluding hydrogens is 200 g/mol. The van der Waals surface area contributed by atoms with Crippen LogP contribution in [0.15, 0.2) is 11.6 Å². The lowest BCUT2D eigenvalue weighted by Crippen LogP contribution is -2.04. The van der Waals surface area contributed by atoms with Crippen molar-refractivity contribution in [3.8, 4) is 0 Å². The van der Waals surface area contributed by atoms with Gasteiger partial charge in [0, 0.05) is 6.61 Å². The summed E-state index contributed by atoms with van der Waals surface area (Å²) >= 11 is 0. The van der Waals surface area contributed by atoms with Gasteiger partial charge in [-0.15, -0.1) is 0 Å². The third-order valence-corrected chi connectivity index (χ3v) is 4.02. The number of hydrogen-bond donors (Lipinski definition) is 1. The maximum atomic E-state index is 11.1. The number of aliphatic hydroxyl groups is 1. The average molecular weight is 218 g/mol. The van der Waals surface area contributed by atoms with E-state index in [1.54, 1.807) is 0 Å². The maximum absolute atomic E-state index is 11.1. The van der Waals surface area contributed by atoms with Crippen LogP contribution in [0.2, 0.25) is 0 Å². The highest BCUT2D eigenvalue weighted by Gasteiger charge is 2.18. The highest BCUT2D eigenvalue weighted by atomic mass is 32.2. The van der Waals surface area contributed by atoms with Crippen molar-refractivity contribution in [2.24, 2.45) is 5.92 Å².